The number of hydrogen-bond acceptors (Lipinski definition) is 4. The molecule has 0 aromatic rings. The van der Waals surface area contributed by atoms with Crippen LogP contribution in [-0.2, 0) is 19.1 Å². The number of carbonyl (C=O) groups is 3. The predicted octanol–water partition coefficient (Wildman–Crippen LogP) is -0.630. The third-order valence-corrected chi connectivity index (χ3v) is 2.44. The zero-order valence-corrected chi connectivity index (χ0v) is 12.7. The molecule has 20 heavy (non-hydrogen) atoms. The molecule has 0 unspecified atom stereocenters. The smallest absolute Gasteiger partial charge is 0.242 e. The summed E-state index contributed by atoms with van der Waals surface area (Å²) in [6, 6.07) is 0. The van der Waals surface area contributed by atoms with Gasteiger partial charge in [-0.2, -0.15) is 0 Å². The number of nitrogens with one attached hydrogen (secondary N) is 2. The summed E-state index contributed by atoms with van der Waals surface area (Å²) >= 11 is 0. The van der Waals surface area contributed by atoms with Crippen LogP contribution in [0.3, 0.4) is 0 Å². The monoisotopic (exact) mass is 287 g/mol. The van der Waals surface area contributed by atoms with Crippen LogP contribution in [0.2, 0.25) is 0 Å². The highest BCUT2D eigenvalue weighted by Crippen LogP contribution is 1.99. The molecule has 0 radical (unpaired) electrons. The molecule has 0 rings (SSSR count). The molecule has 0 aliphatic carbocycles. The Bertz CT molecular complexity index is 332. The van der Waals surface area contributed by atoms with Crippen molar-refractivity contribution in [1.29, 1.82) is 0 Å². The van der Waals surface area contributed by atoms with Gasteiger partial charge >= 0.3 is 0 Å². The molecule has 0 atom stereocenters. The van der Waals surface area contributed by atoms with Crippen LogP contribution in [0.4, 0.5) is 0 Å². The molecule has 0 aromatic carbocycles. The van der Waals surface area contributed by atoms with Crippen LogP contribution in [0.25, 0.3) is 0 Å². The van der Waals surface area contributed by atoms with Gasteiger partial charge in [-0.3, -0.25) is 14.4 Å². The summed E-state index contributed by atoms with van der Waals surface area (Å²) in [5.74, 6) is -0.490. The van der Waals surface area contributed by atoms with Gasteiger partial charge in [0.15, 0.2) is 0 Å². The van der Waals surface area contributed by atoms with Crippen molar-refractivity contribution in [2.75, 3.05) is 39.9 Å². The molecule has 0 aliphatic rings. The maximum Gasteiger partial charge on any atom is 0.242 e. The van der Waals surface area contributed by atoms with Crippen LogP contribution in [0.5, 0.6) is 0 Å². The summed E-state index contributed by atoms with van der Waals surface area (Å²) in [6.45, 7) is 6.73. The molecule has 7 heteroatoms. The summed E-state index contributed by atoms with van der Waals surface area (Å²) in [4.78, 5) is 35.7. The van der Waals surface area contributed by atoms with E-state index in [0.29, 0.717) is 25.6 Å². The fraction of sp³-hybridized carbons (Fsp3) is 0.769. The Hall–Kier alpha value is -1.63. The lowest BCUT2D eigenvalue weighted by Gasteiger charge is -2.24. The minimum absolute atomic E-state index is 0.0746. The number of nitrogens with zero attached hydrogens (tertiary/aromatic N) is 1. The van der Waals surface area contributed by atoms with Gasteiger partial charge in [-0.05, 0) is 5.92 Å². The molecule has 0 aliphatic heterocycles. The van der Waals surface area contributed by atoms with Gasteiger partial charge in [0.05, 0.1) is 19.7 Å². The molecule has 116 valence electrons. The van der Waals surface area contributed by atoms with Gasteiger partial charge < -0.3 is 20.3 Å². The normalized spacial score (nSPS) is 10.2. The molecule has 0 spiro atoms. The van der Waals surface area contributed by atoms with Gasteiger partial charge in [-0.25, -0.2) is 0 Å². The average molecular weight is 287 g/mol. The van der Waals surface area contributed by atoms with Gasteiger partial charge in [0.1, 0.15) is 0 Å². The molecule has 0 aromatic heterocycles. The lowest BCUT2D eigenvalue weighted by Crippen LogP contribution is -2.45. The lowest BCUT2D eigenvalue weighted by molar-refractivity contribution is -0.133. The van der Waals surface area contributed by atoms with Crippen LogP contribution in [0.1, 0.15) is 20.8 Å². The van der Waals surface area contributed by atoms with E-state index in [0.717, 1.165) is 0 Å². The van der Waals surface area contributed by atoms with E-state index in [1.807, 2.05) is 13.8 Å². The molecule has 3 amide bonds. The number of rotatable bonds is 9. The Morgan fingerprint density at radius 1 is 1.15 bits per heavy atom. The SMILES string of the molecule is COCCN(CC(C)C)C(=O)CNC(=O)CNC(C)=O. The molecule has 7 nitrogen and oxygen atoms in total. The maximum absolute atomic E-state index is 12.0. The quantitative estimate of drug-likeness (QED) is 0.591. The van der Waals surface area contributed by atoms with E-state index in [-0.39, 0.29) is 30.8 Å². The second-order valence-electron chi connectivity index (χ2n) is 4.91. The number of hydrogen-bond donors (Lipinski definition) is 2. The van der Waals surface area contributed by atoms with Crippen molar-refractivity contribution in [1.82, 2.24) is 15.5 Å². The average Bonchev–Trinajstić information content (AvgIpc) is 2.37. The molecule has 0 saturated heterocycles. The van der Waals surface area contributed by atoms with Crippen LogP contribution in [0, 0.1) is 5.92 Å². The number of amides is 3. The first-order valence-electron chi connectivity index (χ1n) is 6.64. The second kappa shape index (κ2) is 10.2. The predicted molar refractivity (Wildman–Crippen MR) is 75.0 cm³/mol. The highest BCUT2D eigenvalue weighted by molar-refractivity contribution is 5.87. The summed E-state index contributed by atoms with van der Waals surface area (Å²) < 4.78 is 4.97. The second-order valence-corrected chi connectivity index (χ2v) is 4.91. The van der Waals surface area contributed by atoms with Crippen LogP contribution >= 0.6 is 0 Å². The fourth-order valence-corrected chi connectivity index (χ4v) is 1.51. The Morgan fingerprint density at radius 2 is 1.80 bits per heavy atom. The molecular formula is C13H25N3O4. The van der Waals surface area contributed by atoms with E-state index in [4.69, 9.17) is 4.74 Å². The van der Waals surface area contributed by atoms with E-state index in [9.17, 15) is 14.4 Å². The zero-order valence-electron chi connectivity index (χ0n) is 12.7. The summed E-state index contributed by atoms with van der Waals surface area (Å²) in [7, 11) is 1.58. The summed E-state index contributed by atoms with van der Waals surface area (Å²) in [6.07, 6.45) is 0. The molecular weight excluding hydrogens is 262 g/mol. The Balaban J connectivity index is 4.16. The topological polar surface area (TPSA) is 87.7 Å². The first-order chi connectivity index (χ1) is 9.36. The third-order valence-electron chi connectivity index (χ3n) is 2.44. The van der Waals surface area contributed by atoms with E-state index < -0.39 is 0 Å². The first-order valence-corrected chi connectivity index (χ1v) is 6.64. The molecule has 0 bridgehead atoms. The first kappa shape index (κ1) is 18.4. The van der Waals surface area contributed by atoms with Crippen molar-refractivity contribution in [2.24, 2.45) is 5.92 Å². The van der Waals surface area contributed by atoms with Gasteiger partial charge in [-0.15, -0.1) is 0 Å². The van der Waals surface area contributed by atoms with Gasteiger partial charge in [0.25, 0.3) is 0 Å². The van der Waals surface area contributed by atoms with Crippen LogP contribution < -0.4 is 10.6 Å². The highest BCUT2D eigenvalue weighted by Gasteiger charge is 2.15. The van der Waals surface area contributed by atoms with E-state index in [1.54, 1.807) is 12.0 Å². The van der Waals surface area contributed by atoms with Crippen LogP contribution in [-0.4, -0.2) is 62.5 Å². The van der Waals surface area contributed by atoms with E-state index in [1.165, 1.54) is 6.92 Å². The summed E-state index contributed by atoms with van der Waals surface area (Å²) in [5.41, 5.74) is 0. The lowest BCUT2D eigenvalue weighted by atomic mass is 10.2. The standard InChI is InChI=1S/C13H25N3O4/c1-10(2)9-16(5-6-20-4)13(19)8-15-12(18)7-14-11(3)17/h10H,5-9H2,1-4H3,(H,14,17)(H,15,18). The third kappa shape index (κ3) is 9.32. The van der Waals surface area contributed by atoms with Gasteiger partial charge in [0, 0.05) is 27.1 Å². The van der Waals surface area contributed by atoms with E-state index >= 15 is 0 Å². The van der Waals surface area contributed by atoms with Gasteiger partial charge in [-0.1, -0.05) is 13.8 Å². The Labute approximate surface area is 120 Å². The zero-order chi connectivity index (χ0) is 15.5. The van der Waals surface area contributed by atoms with Crippen molar-refractivity contribution in [2.45, 2.75) is 20.8 Å². The van der Waals surface area contributed by atoms with Crippen molar-refractivity contribution in [3.8, 4) is 0 Å². The largest absolute Gasteiger partial charge is 0.383 e. The Morgan fingerprint density at radius 3 is 2.30 bits per heavy atom. The van der Waals surface area contributed by atoms with Crippen molar-refractivity contribution < 1.29 is 19.1 Å². The number of ether oxygens (including phenoxy) is 1. The Kier molecular flexibility index (Phi) is 9.36. The molecule has 0 fully saturated rings. The minimum atomic E-state index is -0.384. The minimum Gasteiger partial charge on any atom is -0.383 e. The number of carbonyl (C=O) groups excluding carboxylic acids is 3. The number of methoxy groups -OCH3 is 1. The van der Waals surface area contributed by atoms with E-state index in [2.05, 4.69) is 10.6 Å². The molecule has 0 saturated carbocycles. The molecule has 2 N–H and O–H groups in total. The maximum atomic E-state index is 12.0. The molecule has 0 heterocycles. The van der Waals surface area contributed by atoms with Crippen molar-refractivity contribution >= 4 is 17.7 Å². The fourth-order valence-electron chi connectivity index (χ4n) is 1.51. The van der Waals surface area contributed by atoms with Crippen molar-refractivity contribution in [3.05, 3.63) is 0 Å². The van der Waals surface area contributed by atoms with Gasteiger partial charge in [0.2, 0.25) is 17.7 Å². The highest BCUT2D eigenvalue weighted by atomic mass is 16.5. The summed E-state index contributed by atoms with van der Waals surface area (Å²) in [5, 5.41) is 4.85. The van der Waals surface area contributed by atoms with Crippen LogP contribution in [0.15, 0.2) is 0 Å². The van der Waals surface area contributed by atoms with Crippen molar-refractivity contribution in [3.63, 3.8) is 0 Å².